The van der Waals surface area contributed by atoms with Gasteiger partial charge in [-0.05, 0) is 86.6 Å². The van der Waals surface area contributed by atoms with Crippen LogP contribution in [-0.2, 0) is 29.3 Å². The van der Waals surface area contributed by atoms with E-state index >= 15 is 0 Å². The molecule has 9 heteroatoms. The number of aryl methyl sites for hydroxylation is 3. The Morgan fingerprint density at radius 1 is 1.06 bits per heavy atom. The van der Waals surface area contributed by atoms with Crippen LogP contribution in [0.1, 0.15) is 48.6 Å². The highest BCUT2D eigenvalue weighted by molar-refractivity contribution is 7.99. The lowest BCUT2D eigenvalue weighted by Gasteiger charge is -2.17. The summed E-state index contributed by atoms with van der Waals surface area (Å²) in [5, 5.41) is 5.35. The van der Waals surface area contributed by atoms with Crippen molar-refractivity contribution in [1.82, 2.24) is 19.6 Å². The van der Waals surface area contributed by atoms with Gasteiger partial charge in [0.1, 0.15) is 11.4 Å². The number of fused-ring (bicyclic) bond motifs is 2. The van der Waals surface area contributed by atoms with Gasteiger partial charge in [0.05, 0.1) is 4.90 Å². The molecule has 0 atom stereocenters. The second kappa shape index (κ2) is 9.38. The van der Waals surface area contributed by atoms with E-state index in [0.29, 0.717) is 16.4 Å². The van der Waals surface area contributed by atoms with Crippen LogP contribution in [0.2, 0.25) is 0 Å². The number of hydrogen-bond donors (Lipinski definition) is 1. The first-order valence-electron chi connectivity index (χ1n) is 11.6. The summed E-state index contributed by atoms with van der Waals surface area (Å²) in [6.07, 6.45) is 7.66. The molecule has 0 aliphatic heterocycles. The topological polar surface area (TPSA) is 89.2 Å². The molecule has 7 nitrogen and oxygen atoms in total. The van der Waals surface area contributed by atoms with Crippen molar-refractivity contribution in [3.05, 3.63) is 71.2 Å². The molecule has 2 aromatic heterocycles. The average Bonchev–Trinajstić information content (AvgIpc) is 3.30. The van der Waals surface area contributed by atoms with Crippen molar-refractivity contribution < 1.29 is 8.42 Å². The number of benzene rings is 2. The van der Waals surface area contributed by atoms with Crippen LogP contribution >= 0.6 is 11.8 Å². The lowest BCUT2D eigenvalue weighted by atomic mass is 9.92. The summed E-state index contributed by atoms with van der Waals surface area (Å²) in [4.78, 5) is 10.1. The van der Waals surface area contributed by atoms with Crippen LogP contribution in [0.25, 0.3) is 5.78 Å². The zero-order chi connectivity index (χ0) is 23.7. The summed E-state index contributed by atoms with van der Waals surface area (Å²) >= 11 is 1.58. The quantitative estimate of drug-likeness (QED) is 0.355. The van der Waals surface area contributed by atoms with Crippen molar-refractivity contribution >= 4 is 33.3 Å². The third-order valence-corrected chi connectivity index (χ3v) is 8.64. The maximum atomic E-state index is 13.0. The molecule has 176 valence electrons. The fourth-order valence-corrected chi connectivity index (χ4v) is 6.58. The molecule has 0 bridgehead atoms. The molecule has 0 fully saturated rings. The summed E-state index contributed by atoms with van der Waals surface area (Å²) in [6.45, 7) is 4.14. The second-order valence-electron chi connectivity index (χ2n) is 8.57. The van der Waals surface area contributed by atoms with Crippen molar-refractivity contribution in [3.63, 3.8) is 0 Å². The predicted octanol–water partition coefficient (Wildman–Crippen LogP) is 5.22. The first-order chi connectivity index (χ1) is 16.4. The highest BCUT2D eigenvalue weighted by Gasteiger charge is 2.19. The number of hydrogen-bond acceptors (Lipinski definition) is 6. The van der Waals surface area contributed by atoms with E-state index in [1.54, 1.807) is 34.5 Å². The van der Waals surface area contributed by atoms with Crippen molar-refractivity contribution in [2.75, 3.05) is 4.72 Å². The molecule has 0 saturated heterocycles. The van der Waals surface area contributed by atoms with Crippen LogP contribution < -0.4 is 4.72 Å². The van der Waals surface area contributed by atoms with Gasteiger partial charge in [0, 0.05) is 21.8 Å². The Hall–Kier alpha value is -2.91. The third-order valence-electron chi connectivity index (χ3n) is 6.14. The summed E-state index contributed by atoms with van der Waals surface area (Å²) in [6, 6.07) is 12.9. The van der Waals surface area contributed by atoms with Gasteiger partial charge in [0.2, 0.25) is 0 Å². The Bertz CT molecular complexity index is 1450. The van der Waals surface area contributed by atoms with E-state index in [0.717, 1.165) is 58.8 Å². The molecule has 0 spiro atoms. The molecule has 5 rings (SSSR count). The molecule has 0 saturated carbocycles. The summed E-state index contributed by atoms with van der Waals surface area (Å²) in [5.74, 6) is 0.578. The van der Waals surface area contributed by atoms with Crippen LogP contribution in [0.5, 0.6) is 0 Å². The molecule has 2 heterocycles. The minimum absolute atomic E-state index is 0.316. The molecule has 4 aromatic rings. The summed E-state index contributed by atoms with van der Waals surface area (Å²) < 4.78 is 30.5. The number of aromatic nitrogens is 4. The van der Waals surface area contributed by atoms with Gasteiger partial charge in [0.25, 0.3) is 15.8 Å². The van der Waals surface area contributed by atoms with E-state index in [-0.39, 0.29) is 0 Å². The minimum Gasteiger partial charge on any atom is -0.280 e. The fraction of sp³-hybridized carbons (Fsp3) is 0.320. The van der Waals surface area contributed by atoms with Crippen molar-refractivity contribution in [2.45, 2.75) is 67.2 Å². The second-order valence-corrected chi connectivity index (χ2v) is 11.3. The monoisotopic (exact) mass is 493 g/mol. The molecule has 1 aliphatic carbocycles. The van der Waals surface area contributed by atoms with Gasteiger partial charge in [-0.25, -0.2) is 13.4 Å². The zero-order valence-electron chi connectivity index (χ0n) is 19.3. The lowest BCUT2D eigenvalue weighted by Crippen LogP contribution is -2.14. The molecular formula is C25H27N5O2S2. The molecule has 0 amide bonds. The Labute approximate surface area is 204 Å². The summed E-state index contributed by atoms with van der Waals surface area (Å²) in [7, 11) is -3.65. The van der Waals surface area contributed by atoms with Gasteiger partial charge in [0.15, 0.2) is 0 Å². The van der Waals surface area contributed by atoms with E-state index < -0.39 is 10.0 Å². The molecule has 0 radical (unpaired) electrons. The van der Waals surface area contributed by atoms with E-state index in [1.165, 1.54) is 18.3 Å². The largest absolute Gasteiger partial charge is 0.280 e. The van der Waals surface area contributed by atoms with Gasteiger partial charge >= 0.3 is 0 Å². The standard InChI is InChI=1S/C25H27N5O2S2/c1-3-6-23-17(2)28-25-26-16-27-30(25)24(23)33-21-12-10-20(11-13-21)29-34(31,32)22-14-9-18-7-4-5-8-19(18)15-22/h9-16,29H,3-8H2,1-2H3. The van der Waals surface area contributed by atoms with Crippen LogP contribution in [0, 0.1) is 6.92 Å². The molecule has 1 aliphatic rings. The van der Waals surface area contributed by atoms with E-state index in [4.69, 9.17) is 0 Å². The molecule has 1 N–H and O–H groups in total. The van der Waals surface area contributed by atoms with Crippen molar-refractivity contribution in [1.29, 1.82) is 0 Å². The van der Waals surface area contributed by atoms with Crippen molar-refractivity contribution in [3.8, 4) is 0 Å². The van der Waals surface area contributed by atoms with Gasteiger partial charge < -0.3 is 0 Å². The number of rotatable bonds is 7. The van der Waals surface area contributed by atoms with Crippen LogP contribution in [0.3, 0.4) is 0 Å². The van der Waals surface area contributed by atoms with E-state index in [9.17, 15) is 8.42 Å². The molecule has 0 unspecified atom stereocenters. The number of nitrogens with one attached hydrogen (secondary N) is 1. The first kappa shape index (κ1) is 22.9. The van der Waals surface area contributed by atoms with Gasteiger partial charge in [-0.1, -0.05) is 31.2 Å². The Kier molecular flexibility index (Phi) is 6.31. The van der Waals surface area contributed by atoms with Gasteiger partial charge in [-0.2, -0.15) is 14.6 Å². The third kappa shape index (κ3) is 4.54. The number of sulfonamides is 1. The number of nitrogens with zero attached hydrogens (tertiary/aromatic N) is 4. The highest BCUT2D eigenvalue weighted by atomic mass is 32.2. The molecule has 2 aromatic carbocycles. The van der Waals surface area contributed by atoms with Gasteiger partial charge in [-0.3, -0.25) is 4.72 Å². The van der Waals surface area contributed by atoms with E-state index in [2.05, 4.69) is 26.7 Å². The predicted molar refractivity (Wildman–Crippen MR) is 134 cm³/mol. The fourth-order valence-electron chi connectivity index (χ4n) is 4.39. The maximum absolute atomic E-state index is 13.0. The minimum atomic E-state index is -3.65. The lowest BCUT2D eigenvalue weighted by molar-refractivity contribution is 0.600. The normalized spacial score (nSPS) is 13.7. The maximum Gasteiger partial charge on any atom is 0.261 e. The Morgan fingerprint density at radius 2 is 1.82 bits per heavy atom. The SMILES string of the molecule is CCCc1c(C)nc2ncnn2c1Sc1ccc(NS(=O)(=O)c2ccc3c(c2)CCCC3)cc1. The zero-order valence-corrected chi connectivity index (χ0v) is 20.9. The Morgan fingerprint density at radius 3 is 2.59 bits per heavy atom. The first-order valence-corrected chi connectivity index (χ1v) is 13.9. The average molecular weight is 494 g/mol. The molecule has 34 heavy (non-hydrogen) atoms. The van der Waals surface area contributed by atoms with Gasteiger partial charge in [-0.15, -0.1) is 0 Å². The summed E-state index contributed by atoms with van der Waals surface area (Å²) in [5.41, 5.74) is 5.06. The van der Waals surface area contributed by atoms with Crippen LogP contribution in [0.4, 0.5) is 5.69 Å². The van der Waals surface area contributed by atoms with Crippen molar-refractivity contribution in [2.24, 2.45) is 0 Å². The smallest absolute Gasteiger partial charge is 0.261 e. The molecular weight excluding hydrogens is 466 g/mol. The highest BCUT2D eigenvalue weighted by Crippen LogP contribution is 2.33. The van der Waals surface area contributed by atoms with E-state index in [1.807, 2.05) is 31.2 Å². The number of anilines is 1. The van der Waals surface area contributed by atoms with Crippen LogP contribution in [-0.4, -0.2) is 28.0 Å². The van der Waals surface area contributed by atoms with Crippen LogP contribution in [0.15, 0.2) is 63.6 Å². The Balaban J connectivity index is 1.38.